The van der Waals surface area contributed by atoms with Crippen molar-refractivity contribution in [2.75, 3.05) is 5.32 Å². The summed E-state index contributed by atoms with van der Waals surface area (Å²) in [5, 5.41) is 12.0. The summed E-state index contributed by atoms with van der Waals surface area (Å²) in [7, 11) is 0. The zero-order valence-electron chi connectivity index (χ0n) is 8.86. The molecule has 0 radical (unpaired) electrons. The molecule has 0 fully saturated rings. The van der Waals surface area contributed by atoms with Gasteiger partial charge in [0.15, 0.2) is 0 Å². The fourth-order valence-corrected chi connectivity index (χ4v) is 1.34. The lowest BCUT2D eigenvalue weighted by atomic mass is 10.2. The minimum absolute atomic E-state index is 0.526. The Kier molecular flexibility index (Phi) is 2.83. The second kappa shape index (κ2) is 4.45. The van der Waals surface area contributed by atoms with E-state index < -0.39 is 0 Å². The van der Waals surface area contributed by atoms with Gasteiger partial charge in [0.2, 0.25) is 0 Å². The largest absolute Gasteiger partial charge is 0.362 e. The number of hydrogen-bond acceptors (Lipinski definition) is 4. The maximum Gasteiger partial charge on any atom is 0.144 e. The van der Waals surface area contributed by atoms with Crippen molar-refractivity contribution in [1.29, 1.82) is 5.26 Å². The van der Waals surface area contributed by atoms with Crippen LogP contribution in [0.2, 0.25) is 0 Å². The van der Waals surface area contributed by atoms with Crippen LogP contribution in [-0.4, -0.2) is 15.0 Å². The summed E-state index contributed by atoms with van der Waals surface area (Å²) in [5.74, 6) is 1.41. The molecule has 0 bridgehead atoms. The lowest BCUT2D eigenvalue weighted by molar-refractivity contribution is 0.982. The molecule has 2 N–H and O–H groups in total. The fourth-order valence-electron chi connectivity index (χ4n) is 1.34. The first-order chi connectivity index (χ1) is 7.79. The minimum Gasteiger partial charge on any atom is -0.362 e. The van der Waals surface area contributed by atoms with Crippen LogP contribution >= 0.6 is 0 Å². The summed E-state index contributed by atoms with van der Waals surface area (Å²) < 4.78 is 0. The summed E-state index contributed by atoms with van der Waals surface area (Å²) >= 11 is 0. The predicted molar refractivity (Wildman–Crippen MR) is 59.6 cm³/mol. The van der Waals surface area contributed by atoms with Gasteiger partial charge >= 0.3 is 0 Å². The van der Waals surface area contributed by atoms with Gasteiger partial charge in [0.25, 0.3) is 0 Å². The van der Waals surface area contributed by atoms with Crippen molar-refractivity contribution in [3.05, 3.63) is 41.6 Å². The van der Waals surface area contributed by atoms with E-state index in [1.54, 1.807) is 18.5 Å². The fraction of sp³-hybridized carbons (Fsp3) is 0.182. The second-order valence-electron chi connectivity index (χ2n) is 3.35. The molecule has 0 unspecified atom stereocenters. The molecule has 2 rings (SSSR count). The number of rotatable bonds is 3. The zero-order valence-corrected chi connectivity index (χ0v) is 8.86. The molecule has 2 heterocycles. The molecule has 0 aliphatic heterocycles. The van der Waals surface area contributed by atoms with Gasteiger partial charge in [-0.15, -0.1) is 0 Å². The third-order valence-electron chi connectivity index (χ3n) is 2.13. The van der Waals surface area contributed by atoms with E-state index in [1.807, 2.05) is 13.0 Å². The van der Waals surface area contributed by atoms with Gasteiger partial charge in [-0.1, -0.05) is 0 Å². The van der Waals surface area contributed by atoms with Crippen LogP contribution in [0.4, 0.5) is 5.82 Å². The molecular formula is C11H11N5. The number of nitrogens with zero attached hydrogens (tertiary/aromatic N) is 3. The molecule has 0 atom stereocenters. The lowest BCUT2D eigenvalue weighted by Crippen LogP contribution is -2.05. The van der Waals surface area contributed by atoms with Crippen LogP contribution in [0.15, 0.2) is 24.5 Å². The number of imidazole rings is 1. The van der Waals surface area contributed by atoms with Crippen molar-refractivity contribution in [2.45, 2.75) is 13.5 Å². The number of anilines is 1. The Morgan fingerprint density at radius 2 is 2.38 bits per heavy atom. The van der Waals surface area contributed by atoms with Crippen LogP contribution in [-0.2, 0) is 6.54 Å². The molecule has 0 spiro atoms. The highest BCUT2D eigenvalue weighted by Crippen LogP contribution is 2.12. The number of pyridine rings is 1. The van der Waals surface area contributed by atoms with E-state index in [-0.39, 0.29) is 0 Å². The maximum atomic E-state index is 8.91. The number of H-pyrrole nitrogens is 1. The first kappa shape index (κ1) is 10.2. The van der Waals surface area contributed by atoms with Gasteiger partial charge in [-0.05, 0) is 19.1 Å². The molecule has 16 heavy (non-hydrogen) atoms. The van der Waals surface area contributed by atoms with Crippen molar-refractivity contribution < 1.29 is 0 Å². The van der Waals surface area contributed by atoms with Crippen LogP contribution in [0.1, 0.15) is 17.1 Å². The van der Waals surface area contributed by atoms with E-state index in [1.165, 1.54) is 0 Å². The van der Waals surface area contributed by atoms with E-state index in [0.717, 1.165) is 11.5 Å². The third-order valence-corrected chi connectivity index (χ3v) is 2.13. The van der Waals surface area contributed by atoms with Crippen LogP contribution in [0.25, 0.3) is 0 Å². The summed E-state index contributed by atoms with van der Waals surface area (Å²) in [6.45, 7) is 2.41. The number of aryl methyl sites for hydroxylation is 1. The Hall–Kier alpha value is -2.35. The van der Waals surface area contributed by atoms with Crippen molar-refractivity contribution in [3.8, 4) is 6.07 Å². The molecule has 5 heteroatoms. The van der Waals surface area contributed by atoms with Gasteiger partial charge in [0, 0.05) is 18.1 Å². The van der Waals surface area contributed by atoms with Crippen LogP contribution < -0.4 is 5.32 Å². The SMILES string of the molecule is Cc1ccc(C#N)c(NCc2ncc[nH]2)n1. The monoisotopic (exact) mass is 213 g/mol. The van der Waals surface area contributed by atoms with Crippen LogP contribution in [0, 0.1) is 18.3 Å². The highest BCUT2D eigenvalue weighted by Gasteiger charge is 2.03. The second-order valence-corrected chi connectivity index (χ2v) is 3.35. The summed E-state index contributed by atoms with van der Waals surface area (Å²) in [5.41, 5.74) is 1.41. The zero-order chi connectivity index (χ0) is 11.4. The Balaban J connectivity index is 2.15. The Labute approximate surface area is 93.2 Å². The average molecular weight is 213 g/mol. The molecule has 0 aliphatic carbocycles. The predicted octanol–water partition coefficient (Wildman–Crippen LogP) is 1.60. The van der Waals surface area contributed by atoms with Gasteiger partial charge in [-0.3, -0.25) is 0 Å². The Bertz CT molecular complexity index is 510. The number of hydrogen-bond donors (Lipinski definition) is 2. The van der Waals surface area contributed by atoms with Crippen molar-refractivity contribution >= 4 is 5.82 Å². The van der Waals surface area contributed by atoms with E-state index in [0.29, 0.717) is 17.9 Å². The van der Waals surface area contributed by atoms with E-state index in [4.69, 9.17) is 5.26 Å². The molecule has 0 saturated heterocycles. The molecule has 5 nitrogen and oxygen atoms in total. The third kappa shape index (κ3) is 2.17. The maximum absolute atomic E-state index is 8.91. The number of aromatic amines is 1. The normalized spacial score (nSPS) is 9.75. The minimum atomic E-state index is 0.526. The first-order valence-electron chi connectivity index (χ1n) is 4.89. The summed E-state index contributed by atoms with van der Waals surface area (Å²) in [4.78, 5) is 11.3. The Morgan fingerprint density at radius 1 is 1.50 bits per heavy atom. The van der Waals surface area contributed by atoms with Crippen molar-refractivity contribution in [3.63, 3.8) is 0 Å². The summed E-state index contributed by atoms with van der Waals surface area (Å²) in [6.07, 6.45) is 3.44. The smallest absolute Gasteiger partial charge is 0.144 e. The molecule has 0 saturated carbocycles. The molecule has 2 aromatic heterocycles. The standard InChI is InChI=1S/C11H11N5/c1-8-2-3-9(6-12)11(16-8)15-7-10-13-4-5-14-10/h2-5H,7H2,1H3,(H,13,14)(H,15,16). The highest BCUT2D eigenvalue weighted by atomic mass is 15.0. The molecule has 80 valence electrons. The van der Waals surface area contributed by atoms with Crippen molar-refractivity contribution in [1.82, 2.24) is 15.0 Å². The average Bonchev–Trinajstić information content (AvgIpc) is 2.79. The number of nitriles is 1. The highest BCUT2D eigenvalue weighted by molar-refractivity contribution is 5.52. The van der Waals surface area contributed by atoms with Gasteiger partial charge < -0.3 is 10.3 Å². The van der Waals surface area contributed by atoms with E-state index in [9.17, 15) is 0 Å². The molecular weight excluding hydrogens is 202 g/mol. The number of nitrogens with one attached hydrogen (secondary N) is 2. The van der Waals surface area contributed by atoms with Gasteiger partial charge in [-0.2, -0.15) is 5.26 Å². The topological polar surface area (TPSA) is 77.4 Å². The van der Waals surface area contributed by atoms with Gasteiger partial charge in [0.1, 0.15) is 17.7 Å². The molecule has 0 aromatic carbocycles. The molecule has 0 aliphatic rings. The molecule has 0 amide bonds. The van der Waals surface area contributed by atoms with E-state index >= 15 is 0 Å². The van der Waals surface area contributed by atoms with E-state index in [2.05, 4.69) is 26.3 Å². The quantitative estimate of drug-likeness (QED) is 0.811. The Morgan fingerprint density at radius 3 is 3.06 bits per heavy atom. The van der Waals surface area contributed by atoms with Crippen molar-refractivity contribution in [2.24, 2.45) is 0 Å². The van der Waals surface area contributed by atoms with Gasteiger partial charge in [0.05, 0.1) is 12.1 Å². The first-order valence-corrected chi connectivity index (χ1v) is 4.89. The van der Waals surface area contributed by atoms with Crippen LogP contribution in [0.3, 0.4) is 0 Å². The van der Waals surface area contributed by atoms with Gasteiger partial charge in [-0.25, -0.2) is 9.97 Å². The van der Waals surface area contributed by atoms with Crippen LogP contribution in [0.5, 0.6) is 0 Å². The lowest BCUT2D eigenvalue weighted by Gasteiger charge is -2.06. The number of aromatic nitrogens is 3. The molecule has 2 aromatic rings. The summed E-state index contributed by atoms with van der Waals surface area (Å²) in [6, 6.07) is 5.67.